The number of benzene rings is 1. The van der Waals surface area contributed by atoms with Crippen LogP contribution in [0.2, 0.25) is 0 Å². The van der Waals surface area contributed by atoms with Gasteiger partial charge in [-0.25, -0.2) is 9.67 Å². The van der Waals surface area contributed by atoms with Crippen LogP contribution in [0.15, 0.2) is 30.3 Å². The van der Waals surface area contributed by atoms with E-state index in [0.717, 1.165) is 30.3 Å². The van der Waals surface area contributed by atoms with Crippen molar-refractivity contribution in [3.8, 4) is 11.4 Å². The second-order valence-electron chi connectivity index (χ2n) is 5.06. The lowest BCUT2D eigenvalue weighted by molar-refractivity contribution is 0.325. The number of fused-ring (bicyclic) bond motifs is 1. The summed E-state index contributed by atoms with van der Waals surface area (Å²) in [4.78, 5) is 4.71. The van der Waals surface area contributed by atoms with Crippen LogP contribution in [0, 0.1) is 5.92 Å². The van der Waals surface area contributed by atoms with Crippen molar-refractivity contribution in [2.75, 3.05) is 6.54 Å². The Morgan fingerprint density at radius 3 is 2.68 bits per heavy atom. The largest absolute Gasteiger partial charge is 0.305 e. The molecule has 0 spiro atoms. The van der Waals surface area contributed by atoms with E-state index < -0.39 is 0 Å². The molecule has 1 aromatic carbocycles. The lowest BCUT2D eigenvalue weighted by Gasteiger charge is -2.26. The molecule has 0 aliphatic carbocycles. The molecular weight excluding hydrogens is 260 g/mol. The fourth-order valence-corrected chi connectivity index (χ4v) is 2.41. The second-order valence-corrected chi connectivity index (χ2v) is 5.06. The van der Waals surface area contributed by atoms with Gasteiger partial charge in [-0.3, -0.25) is 0 Å². The van der Waals surface area contributed by atoms with Crippen molar-refractivity contribution in [2.24, 2.45) is 5.92 Å². The molecule has 0 bridgehead atoms. The molecule has 1 atom stereocenters. The third kappa shape index (κ3) is 2.65. The average Bonchev–Trinajstić information content (AvgIpc) is 2.83. The Labute approximate surface area is 119 Å². The Morgan fingerprint density at radius 1 is 1.26 bits per heavy atom. The summed E-state index contributed by atoms with van der Waals surface area (Å²) in [6.07, 6.45) is 0. The van der Waals surface area contributed by atoms with Crippen LogP contribution in [0.3, 0.4) is 0 Å². The van der Waals surface area contributed by atoms with Gasteiger partial charge < -0.3 is 5.32 Å². The molecule has 102 valence electrons. The molecule has 0 unspecified atom stereocenters. The Hall–Kier alpha value is -1.39. The van der Waals surface area contributed by atoms with E-state index in [0.29, 0.717) is 12.0 Å². The van der Waals surface area contributed by atoms with E-state index in [1.54, 1.807) is 0 Å². The van der Waals surface area contributed by atoms with Crippen LogP contribution in [0.5, 0.6) is 0 Å². The molecule has 5 heteroatoms. The summed E-state index contributed by atoms with van der Waals surface area (Å²) in [7, 11) is 0. The maximum absolute atomic E-state index is 4.71. The zero-order chi connectivity index (χ0) is 12.5. The van der Waals surface area contributed by atoms with Gasteiger partial charge in [0.2, 0.25) is 0 Å². The van der Waals surface area contributed by atoms with E-state index in [1.165, 1.54) is 0 Å². The van der Waals surface area contributed by atoms with Crippen molar-refractivity contribution < 1.29 is 0 Å². The van der Waals surface area contributed by atoms with Gasteiger partial charge in [-0.05, 0) is 5.92 Å². The highest BCUT2D eigenvalue weighted by molar-refractivity contribution is 5.85. The van der Waals surface area contributed by atoms with Gasteiger partial charge in [-0.1, -0.05) is 44.2 Å². The van der Waals surface area contributed by atoms with Crippen molar-refractivity contribution in [1.82, 2.24) is 20.1 Å². The average molecular weight is 279 g/mol. The molecule has 1 aliphatic rings. The highest BCUT2D eigenvalue weighted by Crippen LogP contribution is 2.25. The quantitative estimate of drug-likeness (QED) is 0.918. The minimum absolute atomic E-state index is 0. The first kappa shape index (κ1) is 14.0. The molecule has 2 aromatic rings. The molecule has 0 radical (unpaired) electrons. The van der Waals surface area contributed by atoms with Crippen LogP contribution < -0.4 is 5.32 Å². The highest BCUT2D eigenvalue weighted by Gasteiger charge is 2.26. The summed E-state index contributed by atoms with van der Waals surface area (Å²) in [5, 5.41) is 8.14. The predicted octanol–water partition coefficient (Wildman–Crippen LogP) is 2.67. The van der Waals surface area contributed by atoms with Crippen LogP contribution in [-0.2, 0) is 6.54 Å². The van der Waals surface area contributed by atoms with Gasteiger partial charge in [-0.2, -0.15) is 5.10 Å². The van der Waals surface area contributed by atoms with Crippen molar-refractivity contribution in [3.05, 3.63) is 36.2 Å². The molecule has 0 fully saturated rings. The molecule has 0 saturated heterocycles. The van der Waals surface area contributed by atoms with E-state index in [1.807, 2.05) is 22.9 Å². The Morgan fingerprint density at radius 2 is 2.00 bits per heavy atom. The minimum atomic E-state index is 0. The van der Waals surface area contributed by atoms with Crippen molar-refractivity contribution in [2.45, 2.75) is 26.4 Å². The Kier molecular flexibility index (Phi) is 4.22. The predicted molar refractivity (Wildman–Crippen MR) is 78.3 cm³/mol. The van der Waals surface area contributed by atoms with E-state index in [2.05, 4.69) is 36.4 Å². The molecule has 19 heavy (non-hydrogen) atoms. The molecule has 0 amide bonds. The molecule has 1 aromatic heterocycles. The first-order valence-electron chi connectivity index (χ1n) is 6.49. The number of nitrogens with one attached hydrogen (secondary N) is 1. The van der Waals surface area contributed by atoms with Crippen LogP contribution >= 0.6 is 12.4 Å². The molecule has 3 rings (SSSR count). The first-order chi connectivity index (χ1) is 8.75. The third-order valence-corrected chi connectivity index (χ3v) is 3.37. The van der Waals surface area contributed by atoms with Gasteiger partial charge in [0.1, 0.15) is 5.82 Å². The third-order valence-electron chi connectivity index (χ3n) is 3.37. The van der Waals surface area contributed by atoms with E-state index in [-0.39, 0.29) is 12.4 Å². The summed E-state index contributed by atoms with van der Waals surface area (Å²) >= 11 is 0. The highest BCUT2D eigenvalue weighted by atomic mass is 35.5. The van der Waals surface area contributed by atoms with Gasteiger partial charge in [0.05, 0.1) is 12.6 Å². The molecule has 1 aliphatic heterocycles. The summed E-state index contributed by atoms with van der Waals surface area (Å²) in [6.45, 7) is 6.29. The lowest BCUT2D eigenvalue weighted by Crippen LogP contribution is -2.36. The van der Waals surface area contributed by atoms with E-state index in [4.69, 9.17) is 4.98 Å². The number of aromatic nitrogens is 3. The maximum Gasteiger partial charge on any atom is 0.181 e. The van der Waals surface area contributed by atoms with Crippen LogP contribution in [-0.4, -0.2) is 21.3 Å². The summed E-state index contributed by atoms with van der Waals surface area (Å²) in [6, 6.07) is 10.5. The van der Waals surface area contributed by atoms with Gasteiger partial charge in [0, 0.05) is 12.1 Å². The lowest BCUT2D eigenvalue weighted by atomic mass is 10.0. The number of nitrogens with zero attached hydrogens (tertiary/aromatic N) is 3. The number of halogens is 1. The summed E-state index contributed by atoms with van der Waals surface area (Å²) < 4.78 is 2.05. The molecule has 2 heterocycles. The number of rotatable bonds is 2. The summed E-state index contributed by atoms with van der Waals surface area (Å²) in [5.74, 6) is 2.42. The Bertz CT molecular complexity index is 536. The van der Waals surface area contributed by atoms with E-state index >= 15 is 0 Å². The normalized spacial score (nSPS) is 17.9. The zero-order valence-electron chi connectivity index (χ0n) is 11.2. The summed E-state index contributed by atoms with van der Waals surface area (Å²) in [5.41, 5.74) is 1.09. The SMILES string of the molecule is CC(C)[C@@H]1NCCn2nc(-c3ccccc3)nc21.Cl. The topological polar surface area (TPSA) is 42.7 Å². The number of hydrogen-bond acceptors (Lipinski definition) is 3. The minimum Gasteiger partial charge on any atom is -0.305 e. The van der Waals surface area contributed by atoms with Crippen molar-refractivity contribution in [1.29, 1.82) is 0 Å². The molecule has 0 saturated carbocycles. The first-order valence-corrected chi connectivity index (χ1v) is 6.49. The van der Waals surface area contributed by atoms with Gasteiger partial charge >= 0.3 is 0 Å². The molecule has 1 N–H and O–H groups in total. The number of hydrogen-bond donors (Lipinski definition) is 1. The van der Waals surface area contributed by atoms with E-state index in [9.17, 15) is 0 Å². The second kappa shape index (κ2) is 5.72. The van der Waals surface area contributed by atoms with Crippen molar-refractivity contribution >= 4 is 12.4 Å². The van der Waals surface area contributed by atoms with Crippen molar-refractivity contribution in [3.63, 3.8) is 0 Å². The van der Waals surface area contributed by atoms with Crippen LogP contribution in [0.1, 0.15) is 25.7 Å². The Balaban J connectivity index is 0.00000133. The standard InChI is InChI=1S/C14H18N4.ClH/c1-10(2)12-14-16-13(11-6-4-3-5-7-11)17-18(14)9-8-15-12;/h3-7,10,12,15H,8-9H2,1-2H3;1H/t12-;/m0./s1. The fraction of sp³-hybridized carbons (Fsp3) is 0.429. The van der Waals surface area contributed by atoms with Crippen LogP contribution in [0.25, 0.3) is 11.4 Å². The zero-order valence-corrected chi connectivity index (χ0v) is 12.0. The maximum atomic E-state index is 4.71. The van der Waals surface area contributed by atoms with Gasteiger partial charge in [0.15, 0.2) is 5.82 Å². The van der Waals surface area contributed by atoms with Crippen LogP contribution in [0.4, 0.5) is 0 Å². The smallest absolute Gasteiger partial charge is 0.181 e. The fourth-order valence-electron chi connectivity index (χ4n) is 2.41. The van der Waals surface area contributed by atoms with Gasteiger partial charge in [0.25, 0.3) is 0 Å². The molecule has 4 nitrogen and oxygen atoms in total. The van der Waals surface area contributed by atoms with Gasteiger partial charge in [-0.15, -0.1) is 12.4 Å². The monoisotopic (exact) mass is 278 g/mol. The molecular formula is C14H19ClN4.